The molecule has 1 atom stereocenters. The highest BCUT2D eigenvalue weighted by atomic mass is 19.4. The Kier molecular flexibility index (Phi) is 3.54. The number of aromatic amines is 1. The molecular weight excluding hydrogens is 255 g/mol. The molecule has 19 heavy (non-hydrogen) atoms. The van der Waals surface area contributed by atoms with Gasteiger partial charge in [-0.2, -0.15) is 13.2 Å². The number of aromatic nitrogens is 2. The molecule has 0 spiro atoms. The molecule has 0 amide bonds. The van der Waals surface area contributed by atoms with Crippen LogP contribution in [0.2, 0.25) is 0 Å². The standard InChI is InChI=1S/C13H16F3N3/c1-7(2)9(6-17)12-18-10-4-3-8(13(14,15)16)5-11(10)19-12/h3-5,7,9H,6,17H2,1-2H3,(H,18,19). The molecule has 2 aromatic rings. The van der Waals surface area contributed by atoms with Crippen molar-refractivity contribution in [3.63, 3.8) is 0 Å². The second kappa shape index (κ2) is 4.85. The first-order valence-corrected chi connectivity index (χ1v) is 6.10. The molecule has 0 saturated heterocycles. The van der Waals surface area contributed by atoms with Crippen molar-refractivity contribution in [1.29, 1.82) is 0 Å². The summed E-state index contributed by atoms with van der Waals surface area (Å²) in [5.74, 6) is 0.932. The van der Waals surface area contributed by atoms with E-state index in [9.17, 15) is 13.2 Å². The number of nitrogens with two attached hydrogens (primary N) is 1. The summed E-state index contributed by atoms with van der Waals surface area (Å²) in [4.78, 5) is 7.27. The summed E-state index contributed by atoms with van der Waals surface area (Å²) in [5, 5.41) is 0. The second-order valence-electron chi connectivity index (χ2n) is 4.94. The van der Waals surface area contributed by atoms with E-state index in [1.807, 2.05) is 13.8 Å². The molecule has 1 heterocycles. The molecule has 0 aliphatic carbocycles. The lowest BCUT2D eigenvalue weighted by Gasteiger charge is -2.15. The molecule has 1 aromatic carbocycles. The molecule has 0 fully saturated rings. The average Bonchev–Trinajstić information content (AvgIpc) is 2.70. The van der Waals surface area contributed by atoms with Gasteiger partial charge in [-0.3, -0.25) is 0 Å². The first kappa shape index (κ1) is 13.9. The monoisotopic (exact) mass is 271 g/mol. The number of hydrogen-bond acceptors (Lipinski definition) is 2. The van der Waals surface area contributed by atoms with Gasteiger partial charge in [-0.15, -0.1) is 0 Å². The summed E-state index contributed by atoms with van der Waals surface area (Å²) in [6, 6.07) is 3.51. The van der Waals surface area contributed by atoms with Gasteiger partial charge in [0.2, 0.25) is 0 Å². The van der Waals surface area contributed by atoms with Gasteiger partial charge in [0.05, 0.1) is 16.6 Å². The minimum atomic E-state index is -4.34. The van der Waals surface area contributed by atoms with Gasteiger partial charge >= 0.3 is 6.18 Å². The minimum absolute atomic E-state index is 0.0155. The lowest BCUT2D eigenvalue weighted by Crippen LogP contribution is -2.18. The van der Waals surface area contributed by atoms with Gasteiger partial charge in [-0.05, 0) is 24.1 Å². The third-order valence-corrected chi connectivity index (χ3v) is 3.24. The van der Waals surface area contributed by atoms with E-state index in [4.69, 9.17) is 5.73 Å². The number of nitrogens with one attached hydrogen (secondary N) is 1. The Balaban J connectivity index is 2.46. The van der Waals surface area contributed by atoms with Gasteiger partial charge in [-0.25, -0.2) is 4.98 Å². The van der Waals surface area contributed by atoms with Crippen molar-refractivity contribution in [3.05, 3.63) is 29.6 Å². The first-order valence-electron chi connectivity index (χ1n) is 6.10. The quantitative estimate of drug-likeness (QED) is 0.900. The SMILES string of the molecule is CC(C)C(CN)c1nc2ccc(C(F)(F)F)cc2[nH]1. The lowest BCUT2D eigenvalue weighted by atomic mass is 9.95. The van der Waals surface area contributed by atoms with Gasteiger partial charge in [-0.1, -0.05) is 13.8 Å². The molecule has 0 saturated carbocycles. The smallest absolute Gasteiger partial charge is 0.342 e. The van der Waals surface area contributed by atoms with Crippen molar-refractivity contribution in [3.8, 4) is 0 Å². The summed E-state index contributed by atoms with van der Waals surface area (Å²) in [6.45, 7) is 4.42. The van der Waals surface area contributed by atoms with Crippen LogP contribution in [0.25, 0.3) is 11.0 Å². The predicted molar refractivity (Wildman–Crippen MR) is 67.7 cm³/mol. The van der Waals surface area contributed by atoms with Crippen LogP contribution in [0.15, 0.2) is 18.2 Å². The number of fused-ring (bicyclic) bond motifs is 1. The van der Waals surface area contributed by atoms with Crippen LogP contribution in [0.1, 0.15) is 31.2 Å². The summed E-state index contributed by atoms with van der Waals surface area (Å²) >= 11 is 0. The van der Waals surface area contributed by atoms with E-state index >= 15 is 0 Å². The van der Waals surface area contributed by atoms with Gasteiger partial charge < -0.3 is 10.7 Å². The normalized spacial score (nSPS) is 14.3. The molecule has 0 aliphatic heterocycles. The molecule has 104 valence electrons. The fraction of sp³-hybridized carbons (Fsp3) is 0.462. The van der Waals surface area contributed by atoms with E-state index in [1.165, 1.54) is 6.07 Å². The Morgan fingerprint density at radius 3 is 2.53 bits per heavy atom. The van der Waals surface area contributed by atoms with Crippen molar-refractivity contribution in [2.75, 3.05) is 6.54 Å². The zero-order valence-electron chi connectivity index (χ0n) is 10.8. The number of rotatable bonds is 3. The molecule has 0 bridgehead atoms. The zero-order chi connectivity index (χ0) is 14.2. The summed E-state index contributed by atoms with van der Waals surface area (Å²) in [7, 11) is 0. The average molecular weight is 271 g/mol. The van der Waals surface area contributed by atoms with Crippen LogP contribution in [0.5, 0.6) is 0 Å². The van der Waals surface area contributed by atoms with Crippen molar-refractivity contribution in [2.24, 2.45) is 11.7 Å². The maximum atomic E-state index is 12.6. The van der Waals surface area contributed by atoms with E-state index in [1.54, 1.807) is 0 Å². The third-order valence-electron chi connectivity index (χ3n) is 3.24. The van der Waals surface area contributed by atoms with Crippen LogP contribution in [-0.2, 0) is 6.18 Å². The van der Waals surface area contributed by atoms with E-state index in [-0.39, 0.29) is 11.8 Å². The summed E-state index contributed by atoms with van der Waals surface area (Å²) in [6.07, 6.45) is -4.34. The minimum Gasteiger partial charge on any atom is -0.342 e. The number of H-pyrrole nitrogens is 1. The Morgan fingerprint density at radius 1 is 1.32 bits per heavy atom. The topological polar surface area (TPSA) is 54.7 Å². The molecular formula is C13H16F3N3. The van der Waals surface area contributed by atoms with Gasteiger partial charge in [0.15, 0.2) is 0 Å². The van der Waals surface area contributed by atoms with Crippen LogP contribution >= 0.6 is 0 Å². The predicted octanol–water partition coefficient (Wildman–Crippen LogP) is 3.28. The molecule has 1 aromatic heterocycles. The van der Waals surface area contributed by atoms with Crippen molar-refractivity contribution >= 4 is 11.0 Å². The zero-order valence-corrected chi connectivity index (χ0v) is 10.8. The van der Waals surface area contributed by atoms with E-state index in [0.717, 1.165) is 12.1 Å². The van der Waals surface area contributed by atoms with Gasteiger partial charge in [0.1, 0.15) is 5.82 Å². The Morgan fingerprint density at radius 2 is 2.00 bits per heavy atom. The maximum absolute atomic E-state index is 12.6. The fourth-order valence-corrected chi connectivity index (χ4v) is 2.08. The molecule has 3 N–H and O–H groups in total. The van der Waals surface area contributed by atoms with Gasteiger partial charge in [0.25, 0.3) is 0 Å². The number of imidazole rings is 1. The highest BCUT2D eigenvalue weighted by Crippen LogP contribution is 2.31. The third kappa shape index (κ3) is 2.73. The van der Waals surface area contributed by atoms with Crippen molar-refractivity contribution in [2.45, 2.75) is 25.9 Å². The largest absolute Gasteiger partial charge is 0.416 e. The number of alkyl halides is 3. The van der Waals surface area contributed by atoms with Crippen LogP contribution < -0.4 is 5.73 Å². The molecule has 0 aliphatic rings. The summed E-state index contributed by atoms with van der Waals surface area (Å²) < 4.78 is 37.9. The molecule has 0 radical (unpaired) electrons. The molecule has 6 heteroatoms. The number of halogens is 3. The summed E-state index contributed by atoms with van der Waals surface area (Å²) in [5.41, 5.74) is 5.93. The number of nitrogens with zero attached hydrogens (tertiary/aromatic N) is 1. The highest BCUT2D eigenvalue weighted by Gasteiger charge is 2.31. The van der Waals surface area contributed by atoms with Crippen LogP contribution in [0.4, 0.5) is 13.2 Å². The highest BCUT2D eigenvalue weighted by molar-refractivity contribution is 5.76. The second-order valence-corrected chi connectivity index (χ2v) is 4.94. The lowest BCUT2D eigenvalue weighted by molar-refractivity contribution is -0.137. The molecule has 3 nitrogen and oxygen atoms in total. The van der Waals surface area contributed by atoms with Crippen LogP contribution in [-0.4, -0.2) is 16.5 Å². The Bertz CT molecular complexity index is 572. The van der Waals surface area contributed by atoms with E-state index in [2.05, 4.69) is 9.97 Å². The van der Waals surface area contributed by atoms with E-state index < -0.39 is 11.7 Å². The molecule has 1 unspecified atom stereocenters. The van der Waals surface area contributed by atoms with Crippen molar-refractivity contribution < 1.29 is 13.2 Å². The maximum Gasteiger partial charge on any atom is 0.416 e. The van der Waals surface area contributed by atoms with Gasteiger partial charge in [0, 0.05) is 12.5 Å². The first-order chi connectivity index (χ1) is 8.82. The Labute approximate surface area is 109 Å². The van der Waals surface area contributed by atoms with Crippen LogP contribution in [0.3, 0.4) is 0 Å². The number of hydrogen-bond donors (Lipinski definition) is 2. The molecule has 2 rings (SSSR count). The van der Waals surface area contributed by atoms with Crippen LogP contribution in [0, 0.1) is 5.92 Å². The Hall–Kier alpha value is -1.56. The van der Waals surface area contributed by atoms with Crippen molar-refractivity contribution in [1.82, 2.24) is 9.97 Å². The fourth-order valence-electron chi connectivity index (χ4n) is 2.08. The van der Waals surface area contributed by atoms with E-state index in [0.29, 0.717) is 23.4 Å². The number of benzene rings is 1.